The third kappa shape index (κ3) is 4.07. The number of rotatable bonds is 5. The predicted octanol–water partition coefficient (Wildman–Crippen LogP) is 2.44. The van der Waals surface area contributed by atoms with Crippen molar-refractivity contribution < 1.29 is 39.2 Å². The standard InChI is InChI=1S/C29H27FN4O8/c30-17-8-18(32-20(36)11-34-9-12-3-1-2-4-13(12)10-34)25(37)22-16(17)6-14-5-15-7-19(35)24(28(31)40)29(41,33-42)23(15)27(39)21(14)26(22)38/h1-4,8,14-15,23,35,37,39,41H,5-7,9-11H2,(H2,31,40)(H,32,36). The topological polar surface area (TPSA) is 203 Å². The van der Waals surface area contributed by atoms with E-state index >= 15 is 4.39 Å². The molecule has 0 radical (unpaired) electrons. The van der Waals surface area contributed by atoms with E-state index in [0.29, 0.717) is 13.1 Å². The van der Waals surface area contributed by atoms with Gasteiger partial charge in [-0.25, -0.2) is 4.39 Å². The number of aliphatic hydroxyl groups is 3. The number of fused-ring (bicyclic) bond motifs is 4. The summed E-state index contributed by atoms with van der Waals surface area (Å²) in [4.78, 5) is 52.2. The van der Waals surface area contributed by atoms with Gasteiger partial charge in [-0.05, 0) is 41.0 Å². The fourth-order valence-electron chi connectivity index (χ4n) is 7.08. The molecule has 4 unspecified atom stereocenters. The highest BCUT2D eigenvalue weighted by atomic mass is 19.1. The molecule has 12 nitrogen and oxygen atoms in total. The fourth-order valence-corrected chi connectivity index (χ4v) is 7.08. The van der Waals surface area contributed by atoms with E-state index in [2.05, 4.69) is 10.5 Å². The summed E-state index contributed by atoms with van der Waals surface area (Å²) in [5, 5.41) is 48.8. The molecule has 0 saturated heterocycles. The van der Waals surface area contributed by atoms with Crippen LogP contribution < -0.4 is 11.1 Å². The van der Waals surface area contributed by atoms with Gasteiger partial charge in [0.15, 0.2) is 11.5 Å². The zero-order chi connectivity index (χ0) is 30.1. The van der Waals surface area contributed by atoms with Crippen molar-refractivity contribution in [1.82, 2.24) is 4.90 Å². The monoisotopic (exact) mass is 578 g/mol. The minimum atomic E-state index is -2.96. The van der Waals surface area contributed by atoms with Crippen LogP contribution in [-0.2, 0) is 29.1 Å². The summed E-state index contributed by atoms with van der Waals surface area (Å²) in [5.74, 6) is -9.04. The van der Waals surface area contributed by atoms with E-state index in [-0.39, 0.29) is 42.6 Å². The molecule has 2 amide bonds. The number of primary amides is 1. The molecule has 0 saturated carbocycles. The zero-order valence-corrected chi connectivity index (χ0v) is 22.1. The number of phenols is 1. The number of hydrogen-bond donors (Lipinski definition) is 6. The molecule has 42 heavy (non-hydrogen) atoms. The van der Waals surface area contributed by atoms with E-state index in [1.165, 1.54) is 0 Å². The summed E-state index contributed by atoms with van der Waals surface area (Å²) in [6.07, 6.45) is -0.375. The van der Waals surface area contributed by atoms with Crippen LogP contribution in [0.3, 0.4) is 0 Å². The van der Waals surface area contributed by atoms with Gasteiger partial charge in [-0.3, -0.25) is 19.3 Å². The average molecular weight is 579 g/mol. The number of nitrogens with two attached hydrogens (primary N) is 1. The first-order valence-corrected chi connectivity index (χ1v) is 13.3. The number of aromatic hydroxyl groups is 1. The minimum Gasteiger partial charge on any atom is -0.512 e. The Kier molecular flexibility index (Phi) is 6.39. The highest BCUT2D eigenvalue weighted by Gasteiger charge is 2.59. The van der Waals surface area contributed by atoms with E-state index in [4.69, 9.17) is 5.73 Å². The second kappa shape index (κ2) is 9.74. The summed E-state index contributed by atoms with van der Waals surface area (Å²) < 4.78 is 15.4. The van der Waals surface area contributed by atoms with Crippen molar-refractivity contribution in [3.63, 3.8) is 0 Å². The molecule has 0 spiro atoms. The number of carbonyl (C=O) groups excluding carboxylic acids is 3. The SMILES string of the molecule is NC(=O)C1=C(O)CC2CC3Cc4c(F)cc(NC(=O)CN5Cc6ccccc6C5)c(O)c4C(=O)C3=C(O)C2C1(O)N=O. The van der Waals surface area contributed by atoms with Crippen LogP contribution in [0.4, 0.5) is 10.1 Å². The van der Waals surface area contributed by atoms with Gasteiger partial charge in [0.1, 0.15) is 22.9 Å². The number of ketones is 1. The van der Waals surface area contributed by atoms with E-state index < -0.39 is 75.3 Å². The molecule has 1 heterocycles. The zero-order valence-electron chi connectivity index (χ0n) is 22.1. The van der Waals surface area contributed by atoms with E-state index in [1.807, 2.05) is 29.2 Å². The summed E-state index contributed by atoms with van der Waals surface area (Å²) in [6.45, 7) is 1.02. The smallest absolute Gasteiger partial charge is 0.253 e. The number of aliphatic hydroxyl groups excluding tert-OH is 2. The molecule has 4 aliphatic rings. The van der Waals surface area contributed by atoms with E-state index in [9.17, 15) is 39.7 Å². The Morgan fingerprint density at radius 1 is 1.14 bits per heavy atom. The summed E-state index contributed by atoms with van der Waals surface area (Å²) in [7, 11) is 0. The second-order valence-corrected chi connectivity index (χ2v) is 11.3. The average Bonchev–Trinajstić information content (AvgIpc) is 3.32. The Balaban J connectivity index is 1.32. The molecule has 3 aliphatic carbocycles. The number of Topliss-reactive ketones (excluding diaryl/α,β-unsaturated/α-hetero) is 1. The van der Waals surface area contributed by atoms with Crippen LogP contribution in [0, 0.1) is 28.5 Å². The third-order valence-electron chi connectivity index (χ3n) is 8.79. The van der Waals surface area contributed by atoms with Crippen molar-refractivity contribution in [3.05, 3.63) is 86.0 Å². The van der Waals surface area contributed by atoms with Crippen LogP contribution >= 0.6 is 0 Å². The Bertz CT molecular complexity index is 1630. The first kappa shape index (κ1) is 27.5. The molecule has 2 aromatic carbocycles. The van der Waals surface area contributed by atoms with Gasteiger partial charge in [-0.15, -0.1) is 4.91 Å². The van der Waals surface area contributed by atoms with Crippen LogP contribution in [0.25, 0.3) is 0 Å². The van der Waals surface area contributed by atoms with Gasteiger partial charge in [0.05, 0.1) is 23.7 Å². The van der Waals surface area contributed by atoms with Gasteiger partial charge < -0.3 is 31.5 Å². The maximum atomic E-state index is 15.4. The Labute approximate surface area is 237 Å². The molecule has 2 aromatic rings. The molecule has 7 N–H and O–H groups in total. The number of halogens is 1. The van der Waals surface area contributed by atoms with Gasteiger partial charge in [-0.2, -0.15) is 0 Å². The predicted molar refractivity (Wildman–Crippen MR) is 144 cm³/mol. The van der Waals surface area contributed by atoms with Crippen molar-refractivity contribution in [3.8, 4) is 5.75 Å². The van der Waals surface area contributed by atoms with Crippen molar-refractivity contribution in [1.29, 1.82) is 0 Å². The number of hydrogen-bond acceptors (Lipinski definition) is 10. The molecule has 0 aromatic heterocycles. The lowest BCUT2D eigenvalue weighted by Gasteiger charge is -2.46. The molecule has 0 fully saturated rings. The largest absolute Gasteiger partial charge is 0.512 e. The Morgan fingerprint density at radius 2 is 1.81 bits per heavy atom. The number of amides is 2. The lowest BCUT2D eigenvalue weighted by atomic mass is 9.60. The normalized spacial score (nSPS) is 26.7. The van der Waals surface area contributed by atoms with E-state index in [1.54, 1.807) is 0 Å². The van der Waals surface area contributed by atoms with Crippen molar-refractivity contribution >= 4 is 23.3 Å². The number of phenolic OH excluding ortho intramolecular Hbond substituents is 1. The van der Waals surface area contributed by atoms with Crippen molar-refractivity contribution in [2.75, 3.05) is 11.9 Å². The fraction of sp³-hybridized carbons (Fsp3) is 0.345. The van der Waals surface area contributed by atoms with Crippen LogP contribution in [0.1, 0.15) is 39.9 Å². The number of nitrogens with one attached hydrogen (secondary N) is 1. The number of anilines is 1. The lowest BCUT2D eigenvalue weighted by Crippen LogP contribution is -2.53. The maximum Gasteiger partial charge on any atom is 0.253 e. The Morgan fingerprint density at radius 3 is 2.43 bits per heavy atom. The van der Waals surface area contributed by atoms with Gasteiger partial charge in [0, 0.05) is 36.7 Å². The maximum absolute atomic E-state index is 15.4. The van der Waals surface area contributed by atoms with Gasteiger partial charge in [0.25, 0.3) is 5.91 Å². The summed E-state index contributed by atoms with van der Waals surface area (Å²) >= 11 is 0. The first-order valence-electron chi connectivity index (χ1n) is 13.3. The first-order chi connectivity index (χ1) is 19.9. The molecule has 1 aliphatic heterocycles. The second-order valence-electron chi connectivity index (χ2n) is 11.3. The number of nitrogens with zero attached hydrogens (tertiary/aromatic N) is 2. The van der Waals surface area contributed by atoms with Gasteiger partial charge >= 0.3 is 0 Å². The summed E-state index contributed by atoms with van der Waals surface area (Å²) in [5.41, 5.74) is 2.38. The van der Waals surface area contributed by atoms with Gasteiger partial charge in [-0.1, -0.05) is 24.3 Å². The van der Waals surface area contributed by atoms with Crippen LogP contribution in [0.15, 0.2) is 58.2 Å². The quantitative estimate of drug-likeness (QED) is 0.227. The van der Waals surface area contributed by atoms with Crippen LogP contribution in [0.2, 0.25) is 0 Å². The summed E-state index contributed by atoms with van der Waals surface area (Å²) in [6, 6.07) is 8.66. The number of nitroso groups, excluding NO2 is 1. The number of benzene rings is 2. The third-order valence-corrected chi connectivity index (χ3v) is 8.79. The lowest BCUT2D eigenvalue weighted by molar-refractivity contribution is -0.120. The molecule has 13 heteroatoms. The number of allylic oxidation sites excluding steroid dienone is 2. The number of carbonyl (C=O) groups is 3. The van der Waals surface area contributed by atoms with Crippen molar-refractivity contribution in [2.45, 2.75) is 38.1 Å². The van der Waals surface area contributed by atoms with E-state index in [0.717, 1.165) is 17.2 Å². The molecule has 218 valence electrons. The molecular formula is C29H27FN4O8. The molecule has 4 atom stereocenters. The van der Waals surface area contributed by atoms with Crippen molar-refractivity contribution in [2.24, 2.45) is 28.7 Å². The van der Waals surface area contributed by atoms with Crippen LogP contribution in [0.5, 0.6) is 5.75 Å². The Hall–Kier alpha value is -4.62. The van der Waals surface area contributed by atoms with Gasteiger partial charge in [0.2, 0.25) is 11.6 Å². The molecule has 0 bridgehead atoms. The molecular weight excluding hydrogens is 551 g/mol. The highest BCUT2D eigenvalue weighted by molar-refractivity contribution is 6.15. The minimum absolute atomic E-state index is 0.0140. The highest BCUT2D eigenvalue weighted by Crippen LogP contribution is 2.54. The van der Waals surface area contributed by atoms with Crippen LogP contribution in [-0.4, -0.2) is 55.2 Å². The molecule has 6 rings (SSSR count).